The molecule has 0 heterocycles. The van der Waals surface area contributed by atoms with Crippen LogP contribution in [0, 0.1) is 0 Å². The Morgan fingerprint density at radius 3 is 2.56 bits per heavy atom. The number of carboxylic acid groups (broad SMARTS) is 1. The molecule has 0 aliphatic heterocycles. The van der Waals surface area contributed by atoms with E-state index in [1.165, 1.54) is 11.0 Å². The number of aliphatic hydroxyl groups excluding tert-OH is 1. The van der Waals surface area contributed by atoms with E-state index in [0.29, 0.717) is 0 Å². The van der Waals surface area contributed by atoms with Gasteiger partial charge in [0, 0.05) is 12.6 Å². The molecule has 1 aliphatic rings. The second-order valence-electron chi connectivity index (χ2n) is 4.37. The SMILES string of the molecule is C=CCC(NC(=O)N(CCO)C1CCC1)C(=O)O. The Bertz CT molecular complexity index is 315. The summed E-state index contributed by atoms with van der Waals surface area (Å²) in [6, 6.07) is -1.27. The maximum atomic E-state index is 12.0. The van der Waals surface area contributed by atoms with Crippen LogP contribution < -0.4 is 5.32 Å². The number of amides is 2. The highest BCUT2D eigenvalue weighted by Gasteiger charge is 2.30. The summed E-state index contributed by atoms with van der Waals surface area (Å²) < 4.78 is 0. The van der Waals surface area contributed by atoms with E-state index in [0.717, 1.165) is 19.3 Å². The molecule has 3 N–H and O–H groups in total. The van der Waals surface area contributed by atoms with Gasteiger partial charge in [0.1, 0.15) is 6.04 Å². The van der Waals surface area contributed by atoms with Crippen LogP contribution in [0.1, 0.15) is 25.7 Å². The van der Waals surface area contributed by atoms with Crippen LogP contribution in [0.3, 0.4) is 0 Å². The summed E-state index contributed by atoms with van der Waals surface area (Å²) in [5.74, 6) is -1.08. The zero-order chi connectivity index (χ0) is 13.5. The van der Waals surface area contributed by atoms with Crippen molar-refractivity contribution in [3.05, 3.63) is 12.7 Å². The molecule has 1 fully saturated rings. The number of carboxylic acids is 1. The number of rotatable bonds is 7. The van der Waals surface area contributed by atoms with Crippen molar-refractivity contribution in [2.75, 3.05) is 13.2 Å². The first-order chi connectivity index (χ1) is 8.60. The van der Waals surface area contributed by atoms with Gasteiger partial charge in [-0.05, 0) is 25.7 Å². The summed E-state index contributed by atoms with van der Waals surface area (Å²) in [5, 5.41) is 20.3. The Hall–Kier alpha value is -1.56. The van der Waals surface area contributed by atoms with Gasteiger partial charge in [0.15, 0.2) is 0 Å². The van der Waals surface area contributed by atoms with E-state index >= 15 is 0 Å². The van der Waals surface area contributed by atoms with Crippen LogP contribution in [-0.2, 0) is 4.79 Å². The van der Waals surface area contributed by atoms with E-state index in [-0.39, 0.29) is 25.6 Å². The second kappa shape index (κ2) is 7.00. The fraction of sp³-hybridized carbons (Fsp3) is 0.667. The molecule has 0 saturated heterocycles. The first-order valence-electron chi connectivity index (χ1n) is 6.11. The number of carbonyl (C=O) groups excluding carboxylic acids is 1. The molecule has 0 radical (unpaired) electrons. The van der Waals surface area contributed by atoms with Crippen molar-refractivity contribution >= 4 is 12.0 Å². The van der Waals surface area contributed by atoms with Crippen molar-refractivity contribution in [3.8, 4) is 0 Å². The molecule has 1 saturated carbocycles. The van der Waals surface area contributed by atoms with Gasteiger partial charge in [-0.2, -0.15) is 0 Å². The maximum Gasteiger partial charge on any atom is 0.326 e. The lowest BCUT2D eigenvalue weighted by molar-refractivity contribution is -0.139. The Kier molecular flexibility index (Phi) is 5.64. The molecule has 0 bridgehead atoms. The molecule has 102 valence electrons. The van der Waals surface area contributed by atoms with E-state index in [1.54, 1.807) is 0 Å². The minimum atomic E-state index is -1.08. The predicted octanol–water partition coefficient (Wildman–Crippen LogP) is 0.572. The number of nitrogens with one attached hydrogen (secondary N) is 1. The lowest BCUT2D eigenvalue weighted by Gasteiger charge is -2.37. The normalized spacial score (nSPS) is 16.5. The van der Waals surface area contributed by atoms with Crippen molar-refractivity contribution in [1.82, 2.24) is 10.2 Å². The topological polar surface area (TPSA) is 89.9 Å². The second-order valence-corrected chi connectivity index (χ2v) is 4.37. The van der Waals surface area contributed by atoms with Gasteiger partial charge in [-0.25, -0.2) is 9.59 Å². The standard InChI is InChI=1S/C12H20N2O4/c1-2-4-10(11(16)17)13-12(18)14(7-8-15)9-5-3-6-9/h2,9-10,15H,1,3-8H2,(H,13,18)(H,16,17). The lowest BCUT2D eigenvalue weighted by Crippen LogP contribution is -2.53. The minimum Gasteiger partial charge on any atom is -0.480 e. The molecule has 0 aromatic carbocycles. The molecular formula is C12H20N2O4. The van der Waals surface area contributed by atoms with Gasteiger partial charge in [0.25, 0.3) is 0 Å². The number of carbonyl (C=O) groups is 2. The van der Waals surface area contributed by atoms with Crippen LogP contribution in [0.25, 0.3) is 0 Å². The number of aliphatic hydroxyl groups is 1. The van der Waals surface area contributed by atoms with Crippen molar-refractivity contribution in [1.29, 1.82) is 0 Å². The van der Waals surface area contributed by atoms with Gasteiger partial charge in [-0.15, -0.1) is 6.58 Å². The average Bonchev–Trinajstić information content (AvgIpc) is 2.25. The monoisotopic (exact) mass is 256 g/mol. The zero-order valence-electron chi connectivity index (χ0n) is 10.3. The summed E-state index contributed by atoms with van der Waals surface area (Å²) in [5.41, 5.74) is 0. The van der Waals surface area contributed by atoms with Crippen LogP contribution in [-0.4, -0.2) is 52.3 Å². The average molecular weight is 256 g/mol. The molecule has 6 heteroatoms. The molecule has 1 unspecified atom stereocenters. The molecule has 0 spiro atoms. The van der Waals surface area contributed by atoms with Crippen LogP contribution in [0.15, 0.2) is 12.7 Å². The molecule has 1 rings (SSSR count). The van der Waals surface area contributed by atoms with E-state index < -0.39 is 18.0 Å². The smallest absolute Gasteiger partial charge is 0.326 e. The third kappa shape index (κ3) is 3.73. The van der Waals surface area contributed by atoms with E-state index in [4.69, 9.17) is 10.2 Å². The highest BCUT2D eigenvalue weighted by molar-refractivity contribution is 5.82. The lowest BCUT2D eigenvalue weighted by atomic mass is 9.91. The van der Waals surface area contributed by atoms with Gasteiger partial charge < -0.3 is 20.4 Å². The Balaban J connectivity index is 2.58. The van der Waals surface area contributed by atoms with E-state index in [1.807, 2.05) is 0 Å². The van der Waals surface area contributed by atoms with Crippen LogP contribution >= 0.6 is 0 Å². The maximum absolute atomic E-state index is 12.0. The Morgan fingerprint density at radius 2 is 2.17 bits per heavy atom. The van der Waals surface area contributed by atoms with Gasteiger partial charge in [-0.1, -0.05) is 6.08 Å². The molecule has 18 heavy (non-hydrogen) atoms. The highest BCUT2D eigenvalue weighted by Crippen LogP contribution is 2.24. The van der Waals surface area contributed by atoms with Crippen LogP contribution in [0.4, 0.5) is 4.79 Å². The number of hydrogen-bond acceptors (Lipinski definition) is 3. The molecule has 6 nitrogen and oxygen atoms in total. The zero-order valence-corrected chi connectivity index (χ0v) is 10.3. The Labute approximate surface area is 106 Å². The summed E-state index contributed by atoms with van der Waals surface area (Å²) in [6.45, 7) is 3.58. The first kappa shape index (κ1) is 14.5. The molecule has 2 amide bonds. The fourth-order valence-corrected chi connectivity index (χ4v) is 1.88. The van der Waals surface area contributed by atoms with Gasteiger partial charge in [0.05, 0.1) is 6.61 Å². The van der Waals surface area contributed by atoms with E-state index in [9.17, 15) is 9.59 Å². The summed E-state index contributed by atoms with van der Waals surface area (Å²) in [7, 11) is 0. The third-order valence-electron chi connectivity index (χ3n) is 3.12. The fourth-order valence-electron chi connectivity index (χ4n) is 1.88. The van der Waals surface area contributed by atoms with Gasteiger partial charge >= 0.3 is 12.0 Å². The predicted molar refractivity (Wildman–Crippen MR) is 66.2 cm³/mol. The number of hydrogen-bond donors (Lipinski definition) is 3. The minimum absolute atomic E-state index is 0.121. The molecule has 1 atom stereocenters. The quantitative estimate of drug-likeness (QED) is 0.581. The van der Waals surface area contributed by atoms with E-state index in [2.05, 4.69) is 11.9 Å². The summed E-state index contributed by atoms with van der Waals surface area (Å²) >= 11 is 0. The first-order valence-corrected chi connectivity index (χ1v) is 6.11. The van der Waals surface area contributed by atoms with Crippen molar-refractivity contribution in [2.45, 2.75) is 37.8 Å². The van der Waals surface area contributed by atoms with Crippen molar-refractivity contribution in [3.63, 3.8) is 0 Å². The number of nitrogens with zero attached hydrogens (tertiary/aromatic N) is 1. The summed E-state index contributed by atoms with van der Waals surface area (Å²) in [6.07, 6.45) is 4.52. The number of urea groups is 1. The largest absolute Gasteiger partial charge is 0.480 e. The van der Waals surface area contributed by atoms with Crippen molar-refractivity contribution < 1.29 is 19.8 Å². The molecular weight excluding hydrogens is 236 g/mol. The highest BCUT2D eigenvalue weighted by atomic mass is 16.4. The number of aliphatic carboxylic acids is 1. The Morgan fingerprint density at radius 1 is 1.50 bits per heavy atom. The summed E-state index contributed by atoms with van der Waals surface area (Å²) in [4.78, 5) is 24.4. The van der Waals surface area contributed by atoms with Gasteiger partial charge in [0.2, 0.25) is 0 Å². The van der Waals surface area contributed by atoms with Crippen LogP contribution in [0.5, 0.6) is 0 Å². The molecule has 1 aliphatic carbocycles. The molecule has 0 aromatic heterocycles. The van der Waals surface area contributed by atoms with Crippen molar-refractivity contribution in [2.24, 2.45) is 0 Å². The van der Waals surface area contributed by atoms with Crippen LogP contribution in [0.2, 0.25) is 0 Å². The molecule has 0 aromatic rings. The van der Waals surface area contributed by atoms with Gasteiger partial charge in [-0.3, -0.25) is 0 Å². The third-order valence-corrected chi connectivity index (χ3v) is 3.12.